The monoisotopic (exact) mass is 357 g/mol. The SMILES string of the molecule is Cc1ccc(OCc2cc(C(=O)N[C@@H](C)Cc3cccs3)no2)cn1. The Bertz CT molecular complexity index is 812. The Kier molecular flexibility index (Phi) is 5.45. The van der Waals surface area contributed by atoms with Crippen LogP contribution in [0.15, 0.2) is 46.4 Å². The molecule has 0 unspecified atom stereocenters. The molecular weight excluding hydrogens is 338 g/mol. The lowest BCUT2D eigenvalue weighted by Crippen LogP contribution is -2.34. The Morgan fingerprint density at radius 2 is 2.28 bits per heavy atom. The molecule has 0 fully saturated rings. The smallest absolute Gasteiger partial charge is 0.273 e. The van der Waals surface area contributed by atoms with Gasteiger partial charge in [0, 0.05) is 29.1 Å². The molecule has 3 aromatic rings. The third-order valence-corrected chi connectivity index (χ3v) is 4.42. The second-order valence-electron chi connectivity index (χ2n) is 5.76. The Balaban J connectivity index is 1.51. The lowest BCUT2D eigenvalue weighted by molar-refractivity contribution is 0.0930. The van der Waals surface area contributed by atoms with Gasteiger partial charge in [-0.3, -0.25) is 9.78 Å². The minimum atomic E-state index is -0.254. The number of thiophene rings is 1. The van der Waals surface area contributed by atoms with Gasteiger partial charge in [0.2, 0.25) is 0 Å². The summed E-state index contributed by atoms with van der Waals surface area (Å²) in [5.74, 6) is 0.866. The van der Waals surface area contributed by atoms with Gasteiger partial charge < -0.3 is 14.6 Å². The van der Waals surface area contributed by atoms with Crippen LogP contribution in [0.2, 0.25) is 0 Å². The van der Waals surface area contributed by atoms with E-state index in [-0.39, 0.29) is 24.2 Å². The fourth-order valence-electron chi connectivity index (χ4n) is 2.26. The zero-order chi connectivity index (χ0) is 17.6. The van der Waals surface area contributed by atoms with Crippen molar-refractivity contribution in [2.75, 3.05) is 0 Å². The van der Waals surface area contributed by atoms with Crippen molar-refractivity contribution in [2.45, 2.75) is 32.9 Å². The number of pyridine rings is 1. The summed E-state index contributed by atoms with van der Waals surface area (Å²) in [6.45, 7) is 4.06. The molecule has 25 heavy (non-hydrogen) atoms. The summed E-state index contributed by atoms with van der Waals surface area (Å²) in [5, 5.41) is 8.76. The van der Waals surface area contributed by atoms with E-state index < -0.39 is 0 Å². The van der Waals surface area contributed by atoms with Crippen molar-refractivity contribution in [3.8, 4) is 5.75 Å². The third-order valence-electron chi connectivity index (χ3n) is 3.52. The normalized spacial score (nSPS) is 11.9. The van der Waals surface area contributed by atoms with E-state index in [1.54, 1.807) is 23.6 Å². The number of carbonyl (C=O) groups excluding carboxylic acids is 1. The number of amides is 1. The maximum Gasteiger partial charge on any atom is 0.273 e. The van der Waals surface area contributed by atoms with Gasteiger partial charge in [-0.05, 0) is 37.4 Å². The molecule has 0 aliphatic carbocycles. The van der Waals surface area contributed by atoms with Crippen LogP contribution in [-0.4, -0.2) is 22.1 Å². The van der Waals surface area contributed by atoms with Gasteiger partial charge >= 0.3 is 0 Å². The fraction of sp³-hybridized carbons (Fsp3) is 0.278. The summed E-state index contributed by atoms with van der Waals surface area (Å²) >= 11 is 1.68. The zero-order valence-corrected chi connectivity index (χ0v) is 14.9. The van der Waals surface area contributed by atoms with Gasteiger partial charge in [0.25, 0.3) is 5.91 Å². The molecule has 3 rings (SSSR count). The first-order valence-electron chi connectivity index (χ1n) is 7.94. The van der Waals surface area contributed by atoms with Crippen molar-refractivity contribution < 1.29 is 14.1 Å². The van der Waals surface area contributed by atoms with Crippen molar-refractivity contribution in [3.05, 3.63) is 63.9 Å². The number of aryl methyl sites for hydroxylation is 1. The quantitative estimate of drug-likeness (QED) is 0.701. The van der Waals surface area contributed by atoms with Gasteiger partial charge in [-0.2, -0.15) is 0 Å². The highest BCUT2D eigenvalue weighted by Crippen LogP contribution is 2.13. The molecule has 0 aromatic carbocycles. The number of aromatic nitrogens is 2. The van der Waals surface area contributed by atoms with Crippen LogP contribution in [-0.2, 0) is 13.0 Å². The van der Waals surface area contributed by atoms with Crippen LogP contribution in [0, 0.1) is 6.92 Å². The van der Waals surface area contributed by atoms with Crippen molar-refractivity contribution in [3.63, 3.8) is 0 Å². The van der Waals surface area contributed by atoms with E-state index >= 15 is 0 Å². The molecule has 1 amide bonds. The first kappa shape index (κ1) is 17.2. The number of nitrogens with zero attached hydrogens (tertiary/aromatic N) is 2. The van der Waals surface area contributed by atoms with E-state index in [0.29, 0.717) is 11.5 Å². The van der Waals surface area contributed by atoms with Gasteiger partial charge in [0.15, 0.2) is 11.5 Å². The van der Waals surface area contributed by atoms with E-state index in [1.807, 2.05) is 37.4 Å². The molecule has 0 spiro atoms. The highest BCUT2D eigenvalue weighted by Gasteiger charge is 2.15. The number of nitrogens with one attached hydrogen (secondary N) is 1. The topological polar surface area (TPSA) is 77.2 Å². The van der Waals surface area contributed by atoms with E-state index in [1.165, 1.54) is 4.88 Å². The van der Waals surface area contributed by atoms with Crippen molar-refractivity contribution in [2.24, 2.45) is 0 Å². The van der Waals surface area contributed by atoms with Crippen molar-refractivity contribution in [1.82, 2.24) is 15.5 Å². The molecule has 0 bridgehead atoms. The summed E-state index contributed by atoms with van der Waals surface area (Å²) in [6, 6.07) is 9.36. The van der Waals surface area contributed by atoms with Crippen LogP contribution in [0.1, 0.15) is 33.7 Å². The fourth-order valence-corrected chi connectivity index (χ4v) is 3.10. The van der Waals surface area contributed by atoms with Crippen molar-refractivity contribution >= 4 is 17.2 Å². The van der Waals surface area contributed by atoms with E-state index in [2.05, 4.69) is 21.5 Å². The average Bonchev–Trinajstić information content (AvgIpc) is 3.26. The lowest BCUT2D eigenvalue weighted by Gasteiger charge is -2.11. The molecular formula is C18H19N3O3S. The predicted octanol–water partition coefficient (Wildman–Crippen LogP) is 3.38. The van der Waals surface area contributed by atoms with E-state index in [0.717, 1.165) is 12.1 Å². The number of carbonyl (C=O) groups is 1. The second-order valence-corrected chi connectivity index (χ2v) is 6.79. The third kappa shape index (κ3) is 4.90. The van der Waals surface area contributed by atoms with Crippen LogP contribution in [0.3, 0.4) is 0 Å². The maximum absolute atomic E-state index is 12.2. The molecule has 3 aromatic heterocycles. The second kappa shape index (κ2) is 7.94. The van der Waals surface area contributed by atoms with Gasteiger partial charge in [0.05, 0.1) is 6.20 Å². The molecule has 130 valence electrons. The first-order valence-corrected chi connectivity index (χ1v) is 8.82. The Morgan fingerprint density at radius 1 is 1.40 bits per heavy atom. The van der Waals surface area contributed by atoms with Gasteiger partial charge in [-0.15, -0.1) is 11.3 Å². The summed E-state index contributed by atoms with van der Waals surface area (Å²) < 4.78 is 10.7. The van der Waals surface area contributed by atoms with Crippen LogP contribution in [0.5, 0.6) is 5.75 Å². The number of hydrogen-bond acceptors (Lipinski definition) is 6. The number of rotatable bonds is 7. The summed E-state index contributed by atoms with van der Waals surface area (Å²) in [6.07, 6.45) is 2.43. The molecule has 0 aliphatic rings. The standard InChI is InChI=1S/C18H19N3O3S/c1-12-5-6-14(10-19-12)23-11-15-9-17(21-24-15)18(22)20-13(2)8-16-4-3-7-25-16/h3-7,9-10,13H,8,11H2,1-2H3,(H,20,22)/t13-/m0/s1. The minimum Gasteiger partial charge on any atom is -0.484 e. The molecule has 0 radical (unpaired) electrons. The first-order chi connectivity index (χ1) is 12.1. The van der Waals surface area contributed by atoms with Gasteiger partial charge in [-0.25, -0.2) is 0 Å². The van der Waals surface area contributed by atoms with Crippen LogP contribution >= 0.6 is 11.3 Å². The molecule has 0 saturated carbocycles. The number of ether oxygens (including phenoxy) is 1. The Labute approximate surface area is 149 Å². The van der Waals surface area contributed by atoms with E-state index in [4.69, 9.17) is 9.26 Å². The summed E-state index contributed by atoms with van der Waals surface area (Å²) in [5.41, 5.74) is 1.17. The average molecular weight is 357 g/mol. The molecule has 1 N–H and O–H groups in total. The molecule has 3 heterocycles. The van der Waals surface area contributed by atoms with Crippen LogP contribution in [0.25, 0.3) is 0 Å². The van der Waals surface area contributed by atoms with Gasteiger partial charge in [0.1, 0.15) is 12.4 Å². The van der Waals surface area contributed by atoms with Crippen molar-refractivity contribution in [1.29, 1.82) is 0 Å². The largest absolute Gasteiger partial charge is 0.484 e. The zero-order valence-electron chi connectivity index (χ0n) is 14.1. The lowest BCUT2D eigenvalue weighted by atomic mass is 10.2. The molecule has 1 atom stereocenters. The van der Waals surface area contributed by atoms with Crippen LogP contribution < -0.4 is 10.1 Å². The predicted molar refractivity (Wildman–Crippen MR) is 94.8 cm³/mol. The number of hydrogen-bond donors (Lipinski definition) is 1. The highest BCUT2D eigenvalue weighted by atomic mass is 32.1. The molecule has 6 nitrogen and oxygen atoms in total. The molecule has 0 aliphatic heterocycles. The van der Waals surface area contributed by atoms with E-state index in [9.17, 15) is 4.79 Å². The molecule has 7 heteroatoms. The minimum absolute atomic E-state index is 0.0150. The van der Waals surface area contributed by atoms with Crippen LogP contribution in [0.4, 0.5) is 0 Å². The Morgan fingerprint density at radius 3 is 3.00 bits per heavy atom. The van der Waals surface area contributed by atoms with Gasteiger partial charge in [-0.1, -0.05) is 11.2 Å². The maximum atomic E-state index is 12.2. The summed E-state index contributed by atoms with van der Waals surface area (Å²) in [7, 11) is 0. The highest BCUT2D eigenvalue weighted by molar-refractivity contribution is 7.09. The molecule has 0 saturated heterocycles. The Hall–Kier alpha value is -2.67. The summed E-state index contributed by atoms with van der Waals surface area (Å²) in [4.78, 5) is 17.6.